The van der Waals surface area contributed by atoms with Crippen molar-refractivity contribution in [2.75, 3.05) is 0 Å². The molecular weight excluding hydrogens is 176 g/mol. The third-order valence-corrected chi connectivity index (χ3v) is 2.65. The fourth-order valence-corrected chi connectivity index (χ4v) is 1.78. The van der Waals surface area contributed by atoms with Crippen molar-refractivity contribution in [1.29, 1.82) is 0 Å². The average Bonchev–Trinajstić information content (AvgIpc) is 2.17. The molecule has 0 aromatic carbocycles. The molecule has 0 radical (unpaired) electrons. The second kappa shape index (κ2) is 6.69. The fraction of sp³-hybridized carbons (Fsp3) is 0.750. The Kier molecular flexibility index (Phi) is 5.43. The lowest BCUT2D eigenvalue weighted by molar-refractivity contribution is -0.00642. The van der Waals surface area contributed by atoms with Crippen LogP contribution >= 0.6 is 0 Å². The van der Waals surface area contributed by atoms with Crippen LogP contribution in [0.3, 0.4) is 0 Å². The van der Waals surface area contributed by atoms with Gasteiger partial charge in [-0.05, 0) is 32.3 Å². The highest BCUT2D eigenvalue weighted by Gasteiger charge is 2.20. The van der Waals surface area contributed by atoms with Crippen LogP contribution in [-0.2, 0) is 4.74 Å². The molecule has 80 valence electrons. The average molecular weight is 196 g/mol. The maximum absolute atomic E-state index is 9.79. The Morgan fingerprint density at radius 2 is 1.93 bits per heavy atom. The lowest BCUT2D eigenvalue weighted by atomic mass is 9.96. The predicted octanol–water partition coefficient (Wildman–Crippen LogP) is 2.78. The van der Waals surface area contributed by atoms with Crippen molar-refractivity contribution in [1.82, 2.24) is 0 Å². The quantitative estimate of drug-likeness (QED) is 0.543. The van der Waals surface area contributed by atoms with Gasteiger partial charge < -0.3 is 9.84 Å². The summed E-state index contributed by atoms with van der Waals surface area (Å²) in [6.45, 7) is 1.90. The molecule has 0 aromatic heterocycles. The fourth-order valence-electron chi connectivity index (χ4n) is 1.78. The van der Waals surface area contributed by atoms with Crippen molar-refractivity contribution in [2.45, 2.75) is 57.7 Å². The van der Waals surface area contributed by atoms with E-state index in [4.69, 9.17) is 4.74 Å². The maximum Gasteiger partial charge on any atom is 0.125 e. The first-order chi connectivity index (χ1) is 6.84. The first-order valence-electron chi connectivity index (χ1n) is 5.53. The van der Waals surface area contributed by atoms with E-state index in [2.05, 4.69) is 5.73 Å². The van der Waals surface area contributed by atoms with E-state index >= 15 is 0 Å². The molecule has 1 saturated carbocycles. The van der Waals surface area contributed by atoms with Crippen molar-refractivity contribution in [3.8, 4) is 0 Å². The molecule has 1 rings (SSSR count). The summed E-state index contributed by atoms with van der Waals surface area (Å²) in [6, 6.07) is 0. The number of hydrogen-bond donors (Lipinski definition) is 1. The zero-order chi connectivity index (χ0) is 10.2. The van der Waals surface area contributed by atoms with Crippen LogP contribution < -0.4 is 0 Å². The van der Waals surface area contributed by atoms with E-state index in [9.17, 15) is 5.11 Å². The van der Waals surface area contributed by atoms with Gasteiger partial charge in [0.05, 0.1) is 6.10 Å². The van der Waals surface area contributed by atoms with Gasteiger partial charge in [0.2, 0.25) is 0 Å². The summed E-state index contributed by atoms with van der Waals surface area (Å²) in [4.78, 5) is 0. The molecule has 0 saturated heterocycles. The number of aliphatic hydroxyl groups excluding tert-OH is 1. The maximum atomic E-state index is 9.79. The molecule has 0 bridgehead atoms. The molecule has 0 amide bonds. The van der Waals surface area contributed by atoms with Gasteiger partial charge in [-0.1, -0.05) is 25.0 Å². The van der Waals surface area contributed by atoms with Crippen LogP contribution in [0.5, 0.6) is 0 Å². The van der Waals surface area contributed by atoms with Crippen LogP contribution in [0.15, 0.2) is 18.1 Å². The third-order valence-electron chi connectivity index (χ3n) is 2.65. The second-order valence-corrected chi connectivity index (χ2v) is 3.81. The summed E-state index contributed by atoms with van der Waals surface area (Å²) < 4.78 is 5.45. The first-order valence-corrected chi connectivity index (χ1v) is 5.53. The van der Waals surface area contributed by atoms with Crippen LogP contribution in [0.1, 0.15) is 45.4 Å². The summed E-state index contributed by atoms with van der Waals surface area (Å²) in [7, 11) is 0. The second-order valence-electron chi connectivity index (χ2n) is 3.81. The van der Waals surface area contributed by atoms with Gasteiger partial charge in [0, 0.05) is 0 Å². The van der Waals surface area contributed by atoms with Crippen molar-refractivity contribution in [3.63, 3.8) is 0 Å². The minimum absolute atomic E-state index is 0.0252. The summed E-state index contributed by atoms with van der Waals surface area (Å²) in [5.74, 6) is 0. The smallest absolute Gasteiger partial charge is 0.125 e. The molecule has 2 unspecified atom stereocenters. The largest absolute Gasteiger partial charge is 0.487 e. The third kappa shape index (κ3) is 3.99. The van der Waals surface area contributed by atoms with Gasteiger partial charge in [0.1, 0.15) is 12.4 Å². The molecule has 0 aromatic rings. The van der Waals surface area contributed by atoms with E-state index < -0.39 is 0 Å². The molecule has 2 nitrogen and oxygen atoms in total. The van der Waals surface area contributed by atoms with Crippen LogP contribution in [0, 0.1) is 0 Å². The van der Waals surface area contributed by atoms with E-state index in [1.165, 1.54) is 12.8 Å². The Hall–Kier alpha value is -0.720. The SMILES string of the molecule is CC=C=COC1CCCCCCC1O. The van der Waals surface area contributed by atoms with Gasteiger partial charge >= 0.3 is 0 Å². The van der Waals surface area contributed by atoms with E-state index in [1.807, 2.05) is 6.92 Å². The molecule has 14 heavy (non-hydrogen) atoms. The number of hydrogen-bond acceptors (Lipinski definition) is 2. The highest BCUT2D eigenvalue weighted by molar-refractivity contribution is 4.79. The normalized spacial score (nSPS) is 28.1. The summed E-state index contributed by atoms with van der Waals surface area (Å²) in [5, 5.41) is 9.79. The van der Waals surface area contributed by atoms with E-state index in [-0.39, 0.29) is 12.2 Å². The monoisotopic (exact) mass is 196 g/mol. The van der Waals surface area contributed by atoms with Crippen LogP contribution in [0.4, 0.5) is 0 Å². The minimum Gasteiger partial charge on any atom is -0.487 e. The standard InChI is InChI=1S/C12H20O2/c1-2-3-10-14-12-9-7-5-4-6-8-11(12)13/h2,10-13H,4-9H2,1H3. The summed E-state index contributed by atoms with van der Waals surface area (Å²) in [6.07, 6.45) is 9.66. The molecule has 0 heterocycles. The Balaban J connectivity index is 2.41. The molecule has 1 N–H and O–H groups in total. The zero-order valence-corrected chi connectivity index (χ0v) is 8.91. The number of aliphatic hydroxyl groups is 1. The minimum atomic E-state index is -0.301. The van der Waals surface area contributed by atoms with Crippen molar-refractivity contribution in [3.05, 3.63) is 18.1 Å². The zero-order valence-electron chi connectivity index (χ0n) is 8.91. The van der Waals surface area contributed by atoms with Gasteiger partial charge in [0.15, 0.2) is 0 Å². The molecule has 1 aliphatic carbocycles. The molecule has 0 spiro atoms. The molecular formula is C12H20O2. The lowest BCUT2D eigenvalue weighted by Gasteiger charge is -2.24. The van der Waals surface area contributed by atoms with Crippen LogP contribution in [0.25, 0.3) is 0 Å². The van der Waals surface area contributed by atoms with E-state index in [0.29, 0.717) is 0 Å². The Morgan fingerprint density at radius 1 is 1.21 bits per heavy atom. The van der Waals surface area contributed by atoms with Crippen molar-refractivity contribution >= 4 is 0 Å². The first kappa shape index (κ1) is 11.4. The van der Waals surface area contributed by atoms with Gasteiger partial charge in [-0.15, -0.1) is 0 Å². The lowest BCUT2D eigenvalue weighted by Crippen LogP contribution is -2.28. The van der Waals surface area contributed by atoms with E-state index in [1.54, 1.807) is 12.3 Å². The molecule has 1 fully saturated rings. The molecule has 2 heteroatoms. The predicted molar refractivity (Wildman–Crippen MR) is 56.9 cm³/mol. The van der Waals surface area contributed by atoms with Gasteiger partial charge in [-0.2, -0.15) is 0 Å². The van der Waals surface area contributed by atoms with Crippen molar-refractivity contribution in [2.24, 2.45) is 0 Å². The van der Waals surface area contributed by atoms with Gasteiger partial charge in [-0.25, -0.2) is 0 Å². The number of ether oxygens (including phenoxy) is 1. The summed E-state index contributed by atoms with van der Waals surface area (Å²) >= 11 is 0. The molecule has 0 aliphatic heterocycles. The topological polar surface area (TPSA) is 29.5 Å². The number of rotatable bonds is 2. The van der Waals surface area contributed by atoms with Crippen LogP contribution in [-0.4, -0.2) is 17.3 Å². The Labute approximate surface area is 86.3 Å². The molecule has 1 aliphatic rings. The van der Waals surface area contributed by atoms with Gasteiger partial charge in [-0.3, -0.25) is 0 Å². The number of allylic oxidation sites excluding steroid dienone is 1. The van der Waals surface area contributed by atoms with Crippen LogP contribution in [0.2, 0.25) is 0 Å². The molecule has 2 atom stereocenters. The highest BCUT2D eigenvalue weighted by atomic mass is 16.5. The summed E-state index contributed by atoms with van der Waals surface area (Å²) in [5.41, 5.74) is 2.87. The van der Waals surface area contributed by atoms with E-state index in [0.717, 1.165) is 25.7 Å². The van der Waals surface area contributed by atoms with Crippen molar-refractivity contribution < 1.29 is 9.84 Å². The van der Waals surface area contributed by atoms with Gasteiger partial charge in [0.25, 0.3) is 0 Å². The Bertz CT molecular complexity index is 204. The Morgan fingerprint density at radius 3 is 2.64 bits per heavy atom. The highest BCUT2D eigenvalue weighted by Crippen LogP contribution is 2.20.